The van der Waals surface area contributed by atoms with Gasteiger partial charge in [-0.3, -0.25) is 4.79 Å². The van der Waals surface area contributed by atoms with E-state index in [-0.39, 0.29) is 11.5 Å². The topological polar surface area (TPSA) is 64.9 Å². The minimum atomic E-state index is -0.319. The maximum Gasteiger partial charge on any atom is 0.263 e. The molecule has 0 aromatic heterocycles. The number of nitrogens with one attached hydrogen (secondary N) is 2. The van der Waals surface area contributed by atoms with Crippen LogP contribution in [0.4, 0.5) is 0 Å². The van der Waals surface area contributed by atoms with Crippen LogP contribution in [0.5, 0.6) is 0 Å². The highest BCUT2D eigenvalue weighted by molar-refractivity contribution is 9.10. The molecule has 0 fully saturated rings. The summed E-state index contributed by atoms with van der Waals surface area (Å²) in [5.41, 5.74) is 1.30. The highest BCUT2D eigenvalue weighted by Crippen LogP contribution is 2.11. The summed E-state index contributed by atoms with van der Waals surface area (Å²) in [5, 5.41) is 14.7. The number of unbranched alkanes of at least 4 members (excludes halogenated alkanes) is 1. The summed E-state index contributed by atoms with van der Waals surface area (Å²) in [6.45, 7) is 3.33. The van der Waals surface area contributed by atoms with Crippen LogP contribution in [0.1, 0.15) is 25.3 Å². The predicted octanol–water partition coefficient (Wildman–Crippen LogP) is 2.90. The van der Waals surface area contributed by atoms with Gasteiger partial charge in [-0.25, -0.2) is 0 Å². The third-order valence-electron chi connectivity index (χ3n) is 2.87. The summed E-state index contributed by atoms with van der Waals surface area (Å²) in [6, 6.07) is 9.97. The molecule has 0 aliphatic rings. The van der Waals surface area contributed by atoms with E-state index in [1.807, 2.05) is 30.3 Å². The van der Waals surface area contributed by atoms with Gasteiger partial charge in [0.2, 0.25) is 0 Å². The number of benzene rings is 1. The van der Waals surface area contributed by atoms with Gasteiger partial charge in [0, 0.05) is 23.8 Å². The van der Waals surface area contributed by atoms with E-state index in [9.17, 15) is 4.79 Å². The molecule has 0 heterocycles. The zero-order valence-corrected chi connectivity index (χ0v) is 13.7. The molecule has 0 bridgehead atoms. The summed E-state index contributed by atoms with van der Waals surface area (Å²) in [7, 11) is 0. The van der Waals surface area contributed by atoms with E-state index in [0.29, 0.717) is 13.1 Å². The van der Waals surface area contributed by atoms with Gasteiger partial charge in [0.25, 0.3) is 5.91 Å². The molecule has 21 heavy (non-hydrogen) atoms. The van der Waals surface area contributed by atoms with E-state index >= 15 is 0 Å². The number of nitrogens with zero attached hydrogens (tertiary/aromatic N) is 1. The fourth-order valence-electron chi connectivity index (χ4n) is 1.71. The van der Waals surface area contributed by atoms with E-state index in [4.69, 9.17) is 5.26 Å². The molecule has 1 amide bonds. The fraction of sp³-hybridized carbons (Fsp3) is 0.375. The Kier molecular flexibility index (Phi) is 8.22. The van der Waals surface area contributed by atoms with Crippen molar-refractivity contribution in [2.45, 2.75) is 26.2 Å². The summed E-state index contributed by atoms with van der Waals surface area (Å²) in [4.78, 5) is 11.7. The lowest BCUT2D eigenvalue weighted by Gasteiger charge is -2.05. The summed E-state index contributed by atoms with van der Waals surface area (Å²) in [5.74, 6) is -0.319. The Morgan fingerprint density at radius 1 is 1.43 bits per heavy atom. The molecule has 5 heteroatoms. The molecule has 1 aromatic carbocycles. The second-order valence-corrected chi connectivity index (χ2v) is 5.53. The Morgan fingerprint density at radius 2 is 2.24 bits per heavy atom. The molecule has 0 aliphatic heterocycles. The number of halogens is 1. The van der Waals surface area contributed by atoms with Crippen molar-refractivity contribution in [1.82, 2.24) is 10.6 Å². The number of hydrogen-bond donors (Lipinski definition) is 2. The zero-order chi connectivity index (χ0) is 15.5. The first-order valence-corrected chi connectivity index (χ1v) is 7.83. The average molecular weight is 350 g/mol. The van der Waals surface area contributed by atoms with Crippen molar-refractivity contribution in [3.8, 4) is 6.07 Å². The highest BCUT2D eigenvalue weighted by Gasteiger charge is 2.07. The Labute approximate surface area is 134 Å². The van der Waals surface area contributed by atoms with Gasteiger partial charge in [-0.2, -0.15) is 5.26 Å². The monoisotopic (exact) mass is 349 g/mol. The van der Waals surface area contributed by atoms with Crippen molar-refractivity contribution >= 4 is 21.8 Å². The molecule has 0 unspecified atom stereocenters. The molecule has 0 aliphatic carbocycles. The SMILES string of the molecule is CCCCNC(=O)/C(C#N)=C\NCCc1cccc(Br)c1. The van der Waals surface area contributed by atoms with Gasteiger partial charge in [0.1, 0.15) is 11.6 Å². The molecular formula is C16H20BrN3O. The maximum absolute atomic E-state index is 11.7. The van der Waals surface area contributed by atoms with E-state index in [2.05, 4.69) is 33.5 Å². The van der Waals surface area contributed by atoms with E-state index < -0.39 is 0 Å². The van der Waals surface area contributed by atoms with Crippen LogP contribution in [-0.2, 0) is 11.2 Å². The van der Waals surface area contributed by atoms with Crippen LogP contribution in [0.2, 0.25) is 0 Å². The van der Waals surface area contributed by atoms with Crippen LogP contribution >= 0.6 is 15.9 Å². The third-order valence-corrected chi connectivity index (χ3v) is 3.37. The first kappa shape index (κ1) is 17.3. The van der Waals surface area contributed by atoms with Gasteiger partial charge in [0.15, 0.2) is 0 Å². The highest BCUT2D eigenvalue weighted by atomic mass is 79.9. The van der Waals surface area contributed by atoms with Crippen LogP contribution in [-0.4, -0.2) is 19.0 Å². The standard InChI is InChI=1S/C16H20BrN3O/c1-2-3-8-20-16(21)14(11-18)12-19-9-7-13-5-4-6-15(17)10-13/h4-6,10,12,19H,2-3,7-9H2,1H3,(H,20,21)/b14-12-. The Morgan fingerprint density at radius 3 is 2.90 bits per heavy atom. The minimum absolute atomic E-state index is 0.111. The van der Waals surface area contributed by atoms with Gasteiger partial charge in [-0.1, -0.05) is 41.4 Å². The van der Waals surface area contributed by atoms with Crippen molar-refractivity contribution in [1.29, 1.82) is 5.26 Å². The van der Waals surface area contributed by atoms with Gasteiger partial charge in [-0.05, 0) is 30.5 Å². The molecule has 1 aromatic rings. The zero-order valence-electron chi connectivity index (χ0n) is 12.2. The van der Waals surface area contributed by atoms with E-state index in [1.165, 1.54) is 11.8 Å². The molecule has 1 rings (SSSR count). The lowest BCUT2D eigenvalue weighted by atomic mass is 10.1. The maximum atomic E-state index is 11.7. The largest absolute Gasteiger partial charge is 0.389 e. The van der Waals surface area contributed by atoms with Gasteiger partial charge >= 0.3 is 0 Å². The minimum Gasteiger partial charge on any atom is -0.389 e. The molecule has 4 nitrogen and oxygen atoms in total. The van der Waals surface area contributed by atoms with Crippen LogP contribution in [0.3, 0.4) is 0 Å². The number of carbonyl (C=O) groups excluding carboxylic acids is 1. The molecule has 0 saturated carbocycles. The Balaban J connectivity index is 2.39. The van der Waals surface area contributed by atoms with Crippen molar-refractivity contribution in [2.75, 3.05) is 13.1 Å². The van der Waals surface area contributed by atoms with Crippen LogP contribution < -0.4 is 10.6 Å². The number of rotatable bonds is 8. The third kappa shape index (κ3) is 6.96. The average Bonchev–Trinajstić information content (AvgIpc) is 2.47. The lowest BCUT2D eigenvalue weighted by Crippen LogP contribution is -2.26. The number of amides is 1. The number of carbonyl (C=O) groups is 1. The first-order chi connectivity index (χ1) is 10.2. The molecule has 0 saturated heterocycles. The second-order valence-electron chi connectivity index (χ2n) is 4.61. The molecule has 2 N–H and O–H groups in total. The smallest absolute Gasteiger partial charge is 0.263 e. The van der Waals surface area contributed by atoms with Crippen LogP contribution in [0.25, 0.3) is 0 Å². The first-order valence-electron chi connectivity index (χ1n) is 7.03. The van der Waals surface area contributed by atoms with Gasteiger partial charge < -0.3 is 10.6 Å². The number of hydrogen-bond acceptors (Lipinski definition) is 3. The predicted molar refractivity (Wildman–Crippen MR) is 87.5 cm³/mol. The molecule has 0 spiro atoms. The molecule has 0 atom stereocenters. The van der Waals surface area contributed by atoms with Crippen molar-refractivity contribution in [3.05, 3.63) is 46.1 Å². The summed E-state index contributed by atoms with van der Waals surface area (Å²) in [6.07, 6.45) is 4.24. The van der Waals surface area contributed by atoms with E-state index in [1.54, 1.807) is 0 Å². The molecule has 0 radical (unpaired) electrons. The van der Waals surface area contributed by atoms with Crippen LogP contribution in [0.15, 0.2) is 40.5 Å². The van der Waals surface area contributed by atoms with E-state index in [0.717, 1.165) is 23.7 Å². The molecule has 112 valence electrons. The second kappa shape index (κ2) is 10.0. The van der Waals surface area contributed by atoms with Crippen molar-refractivity contribution < 1.29 is 4.79 Å². The van der Waals surface area contributed by atoms with Crippen molar-refractivity contribution in [2.24, 2.45) is 0 Å². The quantitative estimate of drug-likeness (QED) is 0.430. The normalized spacial score (nSPS) is 10.8. The number of nitriles is 1. The summed E-state index contributed by atoms with van der Waals surface area (Å²) < 4.78 is 1.04. The molecular weight excluding hydrogens is 330 g/mol. The fourth-order valence-corrected chi connectivity index (χ4v) is 2.15. The van der Waals surface area contributed by atoms with Crippen molar-refractivity contribution in [3.63, 3.8) is 0 Å². The Bertz CT molecular complexity index is 535. The van der Waals surface area contributed by atoms with Gasteiger partial charge in [-0.15, -0.1) is 0 Å². The van der Waals surface area contributed by atoms with Gasteiger partial charge in [0.05, 0.1) is 0 Å². The Hall–Kier alpha value is -1.80. The van der Waals surface area contributed by atoms with Crippen LogP contribution in [0, 0.1) is 11.3 Å². The lowest BCUT2D eigenvalue weighted by molar-refractivity contribution is -0.117. The summed E-state index contributed by atoms with van der Waals surface area (Å²) >= 11 is 3.43.